The van der Waals surface area contributed by atoms with Crippen LogP contribution < -0.4 is 14.8 Å². The lowest BCUT2D eigenvalue weighted by molar-refractivity contribution is -0.122. The van der Waals surface area contributed by atoms with Gasteiger partial charge in [0.05, 0.1) is 12.3 Å². The molecule has 2 aromatic carbocycles. The van der Waals surface area contributed by atoms with Gasteiger partial charge < -0.3 is 14.8 Å². The molecule has 0 bridgehead atoms. The average molecular weight is 313 g/mol. The normalized spacial score (nSPS) is 11.7. The van der Waals surface area contributed by atoms with Gasteiger partial charge in [0.2, 0.25) is 0 Å². The molecule has 0 heterocycles. The number of aryl methyl sites for hydroxylation is 1. The zero-order chi connectivity index (χ0) is 16.8. The Kier molecular flexibility index (Phi) is 5.63. The summed E-state index contributed by atoms with van der Waals surface area (Å²) in [6, 6.07) is 13.2. The standard InChI is InChI=1S/C19H23NO3/c1-5-22-18-11-7-6-10-16(18)20-19(21)15(4)23-17-12-8-9-13(2)14(17)3/h6-12,15H,5H2,1-4H3,(H,20,21)/t15-/m1/s1. The van der Waals surface area contributed by atoms with Gasteiger partial charge in [-0.2, -0.15) is 0 Å². The van der Waals surface area contributed by atoms with Gasteiger partial charge in [-0.05, 0) is 57.0 Å². The van der Waals surface area contributed by atoms with E-state index in [2.05, 4.69) is 5.32 Å². The summed E-state index contributed by atoms with van der Waals surface area (Å²) < 4.78 is 11.3. The van der Waals surface area contributed by atoms with Gasteiger partial charge in [-0.25, -0.2) is 0 Å². The molecule has 0 spiro atoms. The van der Waals surface area contributed by atoms with Crippen LogP contribution in [-0.2, 0) is 4.79 Å². The lowest BCUT2D eigenvalue weighted by atomic mass is 10.1. The summed E-state index contributed by atoms with van der Waals surface area (Å²) in [6.07, 6.45) is -0.606. The van der Waals surface area contributed by atoms with Crippen molar-refractivity contribution in [3.8, 4) is 11.5 Å². The lowest BCUT2D eigenvalue weighted by Crippen LogP contribution is -2.30. The Bertz CT molecular complexity index is 682. The van der Waals surface area contributed by atoms with Crippen LogP contribution in [0.3, 0.4) is 0 Å². The molecule has 0 radical (unpaired) electrons. The Labute approximate surface area is 137 Å². The zero-order valence-corrected chi connectivity index (χ0v) is 14.1. The molecule has 2 rings (SSSR count). The Morgan fingerprint density at radius 2 is 1.78 bits per heavy atom. The molecule has 0 aliphatic carbocycles. The maximum atomic E-state index is 12.4. The number of amides is 1. The van der Waals surface area contributed by atoms with Crippen molar-refractivity contribution in [2.24, 2.45) is 0 Å². The molecule has 4 nitrogen and oxygen atoms in total. The minimum atomic E-state index is -0.606. The van der Waals surface area contributed by atoms with E-state index in [4.69, 9.17) is 9.47 Å². The van der Waals surface area contributed by atoms with Crippen LogP contribution in [0.4, 0.5) is 5.69 Å². The molecule has 2 aromatic rings. The largest absolute Gasteiger partial charge is 0.492 e. The Morgan fingerprint density at radius 3 is 2.52 bits per heavy atom. The number of ether oxygens (including phenoxy) is 2. The van der Waals surface area contributed by atoms with E-state index in [9.17, 15) is 4.79 Å². The van der Waals surface area contributed by atoms with Crippen LogP contribution in [0.25, 0.3) is 0 Å². The molecule has 122 valence electrons. The zero-order valence-electron chi connectivity index (χ0n) is 14.1. The maximum Gasteiger partial charge on any atom is 0.265 e. The number of rotatable bonds is 6. The van der Waals surface area contributed by atoms with Crippen molar-refractivity contribution in [1.82, 2.24) is 0 Å². The Balaban J connectivity index is 2.07. The summed E-state index contributed by atoms with van der Waals surface area (Å²) in [5.41, 5.74) is 2.83. The molecule has 0 aromatic heterocycles. The molecule has 1 N–H and O–H groups in total. The van der Waals surface area contributed by atoms with Gasteiger partial charge in [-0.1, -0.05) is 24.3 Å². The van der Waals surface area contributed by atoms with Crippen molar-refractivity contribution in [1.29, 1.82) is 0 Å². The third-order valence-corrected chi connectivity index (χ3v) is 3.67. The van der Waals surface area contributed by atoms with Crippen LogP contribution in [0.2, 0.25) is 0 Å². The minimum Gasteiger partial charge on any atom is -0.492 e. The van der Waals surface area contributed by atoms with Crippen LogP contribution in [-0.4, -0.2) is 18.6 Å². The van der Waals surface area contributed by atoms with Gasteiger partial charge in [-0.15, -0.1) is 0 Å². The maximum absolute atomic E-state index is 12.4. The number of benzene rings is 2. The third-order valence-electron chi connectivity index (χ3n) is 3.67. The molecule has 0 fully saturated rings. The molecule has 23 heavy (non-hydrogen) atoms. The summed E-state index contributed by atoms with van der Waals surface area (Å²) in [7, 11) is 0. The topological polar surface area (TPSA) is 47.6 Å². The fourth-order valence-corrected chi connectivity index (χ4v) is 2.18. The summed E-state index contributed by atoms with van der Waals surface area (Å²) in [5, 5.41) is 2.86. The first kappa shape index (κ1) is 16.9. The molecular formula is C19H23NO3. The minimum absolute atomic E-state index is 0.210. The third kappa shape index (κ3) is 4.25. The Morgan fingerprint density at radius 1 is 1.09 bits per heavy atom. The first-order valence-electron chi connectivity index (χ1n) is 7.78. The number of carbonyl (C=O) groups excluding carboxylic acids is 1. The van der Waals surface area contributed by atoms with Crippen LogP contribution in [0.1, 0.15) is 25.0 Å². The van der Waals surface area contributed by atoms with Crippen LogP contribution in [0.15, 0.2) is 42.5 Å². The molecule has 0 unspecified atom stereocenters. The van der Waals surface area contributed by atoms with Crippen molar-refractivity contribution < 1.29 is 14.3 Å². The molecule has 1 atom stereocenters. The molecule has 4 heteroatoms. The number of carbonyl (C=O) groups is 1. The van der Waals surface area contributed by atoms with Crippen molar-refractivity contribution in [2.75, 3.05) is 11.9 Å². The first-order valence-corrected chi connectivity index (χ1v) is 7.78. The van der Waals surface area contributed by atoms with E-state index in [1.807, 2.05) is 63.2 Å². The predicted octanol–water partition coefficient (Wildman–Crippen LogP) is 4.11. The van der Waals surface area contributed by atoms with Crippen molar-refractivity contribution in [3.05, 3.63) is 53.6 Å². The monoisotopic (exact) mass is 313 g/mol. The average Bonchev–Trinajstić information content (AvgIpc) is 2.54. The van der Waals surface area contributed by atoms with E-state index >= 15 is 0 Å². The number of anilines is 1. The number of nitrogens with one attached hydrogen (secondary N) is 1. The second kappa shape index (κ2) is 7.68. The fourth-order valence-electron chi connectivity index (χ4n) is 2.18. The van der Waals surface area contributed by atoms with E-state index < -0.39 is 6.10 Å². The smallest absolute Gasteiger partial charge is 0.265 e. The van der Waals surface area contributed by atoms with Crippen LogP contribution >= 0.6 is 0 Å². The molecule has 0 saturated carbocycles. The number of hydrogen-bond acceptors (Lipinski definition) is 3. The summed E-state index contributed by atoms with van der Waals surface area (Å²) in [6.45, 7) is 8.19. The van der Waals surface area contributed by atoms with E-state index in [1.165, 1.54) is 0 Å². The molecular weight excluding hydrogens is 290 g/mol. The molecule has 1 amide bonds. The number of hydrogen-bond donors (Lipinski definition) is 1. The van der Waals surface area contributed by atoms with E-state index in [0.29, 0.717) is 18.0 Å². The van der Waals surface area contributed by atoms with Gasteiger partial charge in [-0.3, -0.25) is 4.79 Å². The molecule has 0 saturated heterocycles. The highest BCUT2D eigenvalue weighted by Gasteiger charge is 2.17. The highest BCUT2D eigenvalue weighted by Crippen LogP contribution is 2.25. The first-order chi connectivity index (χ1) is 11.0. The quantitative estimate of drug-likeness (QED) is 0.873. The summed E-state index contributed by atoms with van der Waals surface area (Å²) in [5.74, 6) is 1.17. The van der Waals surface area contributed by atoms with Crippen LogP contribution in [0, 0.1) is 13.8 Å². The van der Waals surface area contributed by atoms with Crippen molar-refractivity contribution >= 4 is 11.6 Å². The lowest BCUT2D eigenvalue weighted by Gasteiger charge is -2.18. The summed E-state index contributed by atoms with van der Waals surface area (Å²) >= 11 is 0. The second-order valence-corrected chi connectivity index (χ2v) is 5.38. The second-order valence-electron chi connectivity index (χ2n) is 5.38. The summed E-state index contributed by atoms with van der Waals surface area (Å²) in [4.78, 5) is 12.4. The van der Waals surface area contributed by atoms with Gasteiger partial charge in [0.25, 0.3) is 5.91 Å². The molecule has 0 aliphatic heterocycles. The van der Waals surface area contributed by atoms with Gasteiger partial charge in [0.15, 0.2) is 6.10 Å². The van der Waals surface area contributed by atoms with E-state index in [1.54, 1.807) is 6.92 Å². The van der Waals surface area contributed by atoms with Crippen molar-refractivity contribution in [2.45, 2.75) is 33.8 Å². The Hall–Kier alpha value is -2.49. The SMILES string of the molecule is CCOc1ccccc1NC(=O)[C@@H](C)Oc1cccc(C)c1C. The fraction of sp³-hybridized carbons (Fsp3) is 0.316. The van der Waals surface area contributed by atoms with E-state index in [0.717, 1.165) is 16.9 Å². The highest BCUT2D eigenvalue weighted by atomic mass is 16.5. The van der Waals surface area contributed by atoms with Gasteiger partial charge in [0, 0.05) is 0 Å². The predicted molar refractivity (Wildman–Crippen MR) is 92.2 cm³/mol. The van der Waals surface area contributed by atoms with Gasteiger partial charge in [0.1, 0.15) is 11.5 Å². The van der Waals surface area contributed by atoms with Crippen LogP contribution in [0.5, 0.6) is 11.5 Å². The van der Waals surface area contributed by atoms with Gasteiger partial charge >= 0.3 is 0 Å². The highest BCUT2D eigenvalue weighted by molar-refractivity contribution is 5.95. The number of para-hydroxylation sites is 2. The van der Waals surface area contributed by atoms with E-state index in [-0.39, 0.29) is 5.91 Å². The van der Waals surface area contributed by atoms with Crippen molar-refractivity contribution in [3.63, 3.8) is 0 Å². The molecule has 0 aliphatic rings.